The molecule has 166 valence electrons. The highest BCUT2D eigenvalue weighted by Crippen LogP contribution is 2.34. The van der Waals surface area contributed by atoms with Gasteiger partial charge in [0.25, 0.3) is 0 Å². The number of hydrogen-bond acceptors (Lipinski definition) is 6. The minimum atomic E-state index is -0.929. The number of rotatable bonds is 6. The number of aromatic nitrogens is 2. The Labute approximate surface area is 181 Å². The van der Waals surface area contributed by atoms with E-state index in [9.17, 15) is 14.7 Å². The van der Waals surface area contributed by atoms with E-state index < -0.39 is 11.6 Å². The topological polar surface area (TPSA) is 93.9 Å². The number of carbonyl (C=O) groups excluding carboxylic acids is 2. The van der Waals surface area contributed by atoms with Crippen molar-refractivity contribution in [2.45, 2.75) is 50.8 Å². The van der Waals surface area contributed by atoms with Gasteiger partial charge in [-0.05, 0) is 32.6 Å². The SMILES string of the molecule is CCOC(=O)c1ncn(C[C@]2(O)CC[C@@H](N3CCOCC3=O)CC2)c1-c1ccccc1. The van der Waals surface area contributed by atoms with Crippen molar-refractivity contribution in [3.63, 3.8) is 0 Å². The molecule has 2 aromatic rings. The highest BCUT2D eigenvalue weighted by atomic mass is 16.5. The molecule has 2 heterocycles. The lowest BCUT2D eigenvalue weighted by Crippen LogP contribution is -2.51. The molecule has 8 nitrogen and oxygen atoms in total. The van der Waals surface area contributed by atoms with E-state index >= 15 is 0 Å². The molecule has 1 saturated heterocycles. The Morgan fingerprint density at radius 3 is 2.71 bits per heavy atom. The smallest absolute Gasteiger partial charge is 0.359 e. The number of esters is 1. The van der Waals surface area contributed by atoms with Crippen molar-refractivity contribution in [3.05, 3.63) is 42.4 Å². The van der Waals surface area contributed by atoms with Crippen LogP contribution in [0.15, 0.2) is 36.7 Å². The van der Waals surface area contributed by atoms with E-state index in [4.69, 9.17) is 9.47 Å². The third-order valence-electron chi connectivity index (χ3n) is 6.17. The fourth-order valence-electron chi connectivity index (χ4n) is 4.59. The van der Waals surface area contributed by atoms with Gasteiger partial charge in [-0.2, -0.15) is 0 Å². The Morgan fingerprint density at radius 1 is 1.29 bits per heavy atom. The predicted molar refractivity (Wildman–Crippen MR) is 113 cm³/mol. The van der Waals surface area contributed by atoms with Crippen molar-refractivity contribution in [1.82, 2.24) is 14.5 Å². The van der Waals surface area contributed by atoms with Crippen LogP contribution in [-0.4, -0.2) is 69.4 Å². The normalized spacial score (nSPS) is 24.3. The molecule has 1 aliphatic heterocycles. The van der Waals surface area contributed by atoms with Crippen molar-refractivity contribution < 1.29 is 24.2 Å². The molecule has 8 heteroatoms. The maximum Gasteiger partial charge on any atom is 0.359 e. The third-order valence-corrected chi connectivity index (χ3v) is 6.17. The van der Waals surface area contributed by atoms with E-state index in [1.165, 1.54) is 0 Å². The number of imidazole rings is 1. The molecule has 0 atom stereocenters. The molecule has 1 aromatic heterocycles. The molecule has 0 bridgehead atoms. The lowest BCUT2D eigenvalue weighted by atomic mass is 9.81. The second-order valence-electron chi connectivity index (χ2n) is 8.25. The third kappa shape index (κ3) is 4.65. The minimum absolute atomic E-state index is 0.0294. The largest absolute Gasteiger partial charge is 0.461 e. The Balaban J connectivity index is 1.52. The molecule has 1 amide bonds. The highest BCUT2D eigenvalue weighted by Gasteiger charge is 2.38. The zero-order valence-corrected chi connectivity index (χ0v) is 17.8. The van der Waals surface area contributed by atoms with Crippen LogP contribution in [-0.2, 0) is 20.8 Å². The first-order valence-electron chi connectivity index (χ1n) is 10.9. The van der Waals surface area contributed by atoms with Gasteiger partial charge in [-0.25, -0.2) is 9.78 Å². The fourth-order valence-corrected chi connectivity index (χ4v) is 4.59. The van der Waals surface area contributed by atoms with Crippen LogP contribution in [0.1, 0.15) is 43.1 Å². The van der Waals surface area contributed by atoms with Crippen LogP contribution in [0.25, 0.3) is 11.3 Å². The van der Waals surface area contributed by atoms with Gasteiger partial charge in [-0.15, -0.1) is 0 Å². The lowest BCUT2D eigenvalue weighted by molar-refractivity contribution is -0.148. The van der Waals surface area contributed by atoms with Crippen LogP contribution in [0.3, 0.4) is 0 Å². The van der Waals surface area contributed by atoms with E-state index in [1.807, 2.05) is 39.8 Å². The van der Waals surface area contributed by atoms with Gasteiger partial charge in [0.2, 0.25) is 5.91 Å². The standard InChI is InChI=1S/C23H29N3O5/c1-2-31-22(28)20-21(17-6-4-3-5-7-17)25(16-24-20)15-23(29)10-8-18(9-11-23)26-12-13-30-14-19(26)27/h3-7,16,18,29H,2,8-15H2,1H3/t18-,23+. The predicted octanol–water partition coefficient (Wildman–Crippen LogP) is 2.26. The maximum absolute atomic E-state index is 12.5. The second kappa shape index (κ2) is 9.20. The summed E-state index contributed by atoms with van der Waals surface area (Å²) in [6.45, 7) is 3.69. The number of aliphatic hydroxyl groups is 1. The number of morpholine rings is 1. The molecule has 2 aliphatic rings. The molecule has 0 spiro atoms. The Morgan fingerprint density at radius 2 is 2.03 bits per heavy atom. The van der Waals surface area contributed by atoms with Gasteiger partial charge >= 0.3 is 5.97 Å². The number of carbonyl (C=O) groups is 2. The van der Waals surface area contributed by atoms with Crippen molar-refractivity contribution in [2.75, 3.05) is 26.4 Å². The quantitative estimate of drug-likeness (QED) is 0.711. The van der Waals surface area contributed by atoms with Crippen LogP contribution >= 0.6 is 0 Å². The van der Waals surface area contributed by atoms with E-state index in [0.717, 1.165) is 18.4 Å². The van der Waals surface area contributed by atoms with Crippen LogP contribution < -0.4 is 0 Å². The molecule has 31 heavy (non-hydrogen) atoms. The summed E-state index contributed by atoms with van der Waals surface area (Å²) < 4.78 is 12.3. The summed E-state index contributed by atoms with van der Waals surface area (Å²) in [6.07, 6.45) is 4.22. The molecule has 2 fully saturated rings. The van der Waals surface area contributed by atoms with Gasteiger partial charge in [0.15, 0.2) is 5.69 Å². The van der Waals surface area contributed by atoms with Crippen molar-refractivity contribution in [1.29, 1.82) is 0 Å². The summed E-state index contributed by atoms with van der Waals surface area (Å²) in [5.74, 6) is -0.441. The average molecular weight is 428 g/mol. The number of hydrogen-bond donors (Lipinski definition) is 1. The summed E-state index contributed by atoms with van der Waals surface area (Å²) in [4.78, 5) is 30.8. The fraction of sp³-hybridized carbons (Fsp3) is 0.522. The van der Waals surface area contributed by atoms with Gasteiger partial charge in [-0.1, -0.05) is 30.3 Å². The summed E-state index contributed by atoms with van der Waals surface area (Å²) in [5.41, 5.74) is 0.823. The van der Waals surface area contributed by atoms with Gasteiger partial charge in [0.1, 0.15) is 6.61 Å². The van der Waals surface area contributed by atoms with E-state index in [-0.39, 0.29) is 30.9 Å². The summed E-state index contributed by atoms with van der Waals surface area (Å²) in [6, 6.07) is 9.70. The molecule has 4 rings (SSSR count). The Bertz CT molecular complexity index is 919. The van der Waals surface area contributed by atoms with Crippen LogP contribution in [0.4, 0.5) is 0 Å². The molecule has 0 unspecified atom stereocenters. The first-order chi connectivity index (χ1) is 15.0. The van der Waals surface area contributed by atoms with E-state index in [1.54, 1.807) is 13.3 Å². The summed E-state index contributed by atoms with van der Waals surface area (Å²) in [7, 11) is 0. The minimum Gasteiger partial charge on any atom is -0.461 e. The molecular formula is C23H29N3O5. The average Bonchev–Trinajstić information content (AvgIpc) is 3.19. The van der Waals surface area contributed by atoms with Crippen molar-refractivity contribution >= 4 is 11.9 Å². The van der Waals surface area contributed by atoms with Crippen LogP contribution in [0.2, 0.25) is 0 Å². The molecule has 1 aliphatic carbocycles. The summed E-state index contributed by atoms with van der Waals surface area (Å²) >= 11 is 0. The lowest BCUT2D eigenvalue weighted by Gasteiger charge is -2.42. The van der Waals surface area contributed by atoms with E-state index in [2.05, 4.69) is 4.98 Å². The van der Waals surface area contributed by atoms with Gasteiger partial charge in [0.05, 0.1) is 37.4 Å². The monoisotopic (exact) mass is 427 g/mol. The Hall–Kier alpha value is -2.71. The molecule has 1 N–H and O–H groups in total. The maximum atomic E-state index is 12.5. The molecule has 1 aromatic carbocycles. The van der Waals surface area contributed by atoms with Gasteiger partial charge in [-0.3, -0.25) is 4.79 Å². The number of nitrogens with zero attached hydrogens (tertiary/aromatic N) is 3. The first-order valence-corrected chi connectivity index (χ1v) is 10.9. The van der Waals surface area contributed by atoms with Gasteiger partial charge < -0.3 is 24.0 Å². The number of amides is 1. The first kappa shape index (κ1) is 21.5. The molecular weight excluding hydrogens is 398 g/mol. The van der Waals surface area contributed by atoms with Gasteiger partial charge in [0, 0.05) is 18.2 Å². The van der Waals surface area contributed by atoms with Crippen molar-refractivity contribution in [3.8, 4) is 11.3 Å². The zero-order chi connectivity index (χ0) is 21.8. The number of benzene rings is 1. The Kier molecular flexibility index (Phi) is 6.38. The second-order valence-corrected chi connectivity index (χ2v) is 8.25. The zero-order valence-electron chi connectivity index (χ0n) is 17.8. The summed E-state index contributed by atoms with van der Waals surface area (Å²) in [5, 5.41) is 11.3. The van der Waals surface area contributed by atoms with Crippen molar-refractivity contribution in [2.24, 2.45) is 0 Å². The van der Waals surface area contributed by atoms with Crippen LogP contribution in [0, 0.1) is 0 Å². The van der Waals surface area contributed by atoms with E-state index in [0.29, 0.717) is 38.2 Å². The number of ether oxygens (including phenoxy) is 2. The van der Waals surface area contributed by atoms with Crippen LogP contribution in [0.5, 0.6) is 0 Å². The molecule has 0 radical (unpaired) electrons. The highest BCUT2D eigenvalue weighted by molar-refractivity contribution is 5.94. The molecule has 1 saturated carbocycles.